The molecule has 1 N–H and O–H groups in total. The van der Waals surface area contributed by atoms with Crippen LogP contribution in [-0.4, -0.2) is 12.6 Å². The molecule has 1 aromatic rings. The molecule has 1 heteroatoms. The van der Waals surface area contributed by atoms with Gasteiger partial charge in [0, 0.05) is 6.04 Å². The first-order valence-corrected chi connectivity index (χ1v) is 7.58. The van der Waals surface area contributed by atoms with Crippen LogP contribution >= 0.6 is 0 Å². The predicted molar refractivity (Wildman–Crippen MR) is 78.9 cm³/mol. The molecule has 0 aromatic heterocycles. The second kappa shape index (κ2) is 6.94. The molecular weight excluding hydrogens is 218 g/mol. The molecule has 1 unspecified atom stereocenters. The first-order valence-electron chi connectivity index (χ1n) is 7.58. The minimum atomic E-state index is 0.763. The first kappa shape index (κ1) is 13.6. The van der Waals surface area contributed by atoms with Gasteiger partial charge in [0.15, 0.2) is 0 Å². The highest BCUT2D eigenvalue weighted by Crippen LogP contribution is 2.32. The van der Waals surface area contributed by atoms with Gasteiger partial charge in [-0.3, -0.25) is 0 Å². The van der Waals surface area contributed by atoms with Crippen molar-refractivity contribution in [3.05, 3.63) is 35.9 Å². The fourth-order valence-electron chi connectivity index (χ4n) is 2.87. The highest BCUT2D eigenvalue weighted by molar-refractivity contribution is 5.20. The largest absolute Gasteiger partial charge is 0.314 e. The van der Waals surface area contributed by atoms with Crippen molar-refractivity contribution in [2.45, 2.75) is 57.9 Å². The lowest BCUT2D eigenvalue weighted by molar-refractivity contribution is 0.326. The van der Waals surface area contributed by atoms with Gasteiger partial charge in [-0.15, -0.1) is 0 Å². The molecule has 1 aliphatic carbocycles. The average molecular weight is 245 g/mol. The van der Waals surface area contributed by atoms with Crippen molar-refractivity contribution in [1.29, 1.82) is 0 Å². The lowest BCUT2D eigenvalue weighted by Crippen LogP contribution is -2.35. The molecule has 1 nitrogen and oxygen atoms in total. The Balaban J connectivity index is 1.75. The molecule has 1 saturated carbocycles. The van der Waals surface area contributed by atoms with Crippen molar-refractivity contribution in [2.24, 2.45) is 5.92 Å². The van der Waals surface area contributed by atoms with Crippen LogP contribution in [0.2, 0.25) is 0 Å². The number of benzene rings is 1. The second-order valence-corrected chi connectivity index (χ2v) is 5.88. The van der Waals surface area contributed by atoms with Crippen LogP contribution < -0.4 is 5.32 Å². The SMILES string of the molecule is CCC(C)CNC1CCC(c2ccccc2)CC1. The van der Waals surface area contributed by atoms with Gasteiger partial charge in [0.1, 0.15) is 0 Å². The summed E-state index contributed by atoms with van der Waals surface area (Å²) in [5, 5.41) is 3.74. The summed E-state index contributed by atoms with van der Waals surface area (Å²) in [5.41, 5.74) is 1.54. The van der Waals surface area contributed by atoms with Gasteiger partial charge < -0.3 is 5.32 Å². The van der Waals surface area contributed by atoms with Crippen LogP contribution in [0.3, 0.4) is 0 Å². The molecule has 0 radical (unpaired) electrons. The van der Waals surface area contributed by atoms with Crippen LogP contribution in [0.1, 0.15) is 57.4 Å². The lowest BCUT2D eigenvalue weighted by Gasteiger charge is -2.30. The van der Waals surface area contributed by atoms with Gasteiger partial charge >= 0.3 is 0 Å². The van der Waals surface area contributed by atoms with E-state index in [9.17, 15) is 0 Å². The van der Waals surface area contributed by atoms with Crippen LogP contribution in [0.25, 0.3) is 0 Å². The summed E-state index contributed by atoms with van der Waals surface area (Å²) >= 11 is 0. The fourth-order valence-corrected chi connectivity index (χ4v) is 2.87. The zero-order valence-corrected chi connectivity index (χ0v) is 11.9. The predicted octanol–water partition coefficient (Wildman–Crippen LogP) is 4.35. The molecule has 18 heavy (non-hydrogen) atoms. The van der Waals surface area contributed by atoms with Gasteiger partial charge in [-0.25, -0.2) is 0 Å². The third-order valence-electron chi connectivity index (χ3n) is 4.45. The van der Waals surface area contributed by atoms with E-state index in [1.807, 2.05) is 0 Å². The van der Waals surface area contributed by atoms with Crippen molar-refractivity contribution >= 4 is 0 Å². The molecule has 0 spiro atoms. The zero-order chi connectivity index (χ0) is 12.8. The molecule has 0 amide bonds. The Morgan fingerprint density at radius 3 is 2.39 bits per heavy atom. The molecule has 0 saturated heterocycles. The van der Waals surface area contributed by atoms with E-state index in [2.05, 4.69) is 49.5 Å². The molecule has 1 aromatic carbocycles. The Bertz CT molecular complexity index is 325. The van der Waals surface area contributed by atoms with Gasteiger partial charge in [0.05, 0.1) is 0 Å². The summed E-state index contributed by atoms with van der Waals surface area (Å²) in [6.07, 6.45) is 6.67. The Hall–Kier alpha value is -0.820. The number of rotatable bonds is 5. The van der Waals surface area contributed by atoms with E-state index in [1.165, 1.54) is 44.2 Å². The Morgan fingerprint density at radius 2 is 1.78 bits per heavy atom. The van der Waals surface area contributed by atoms with Gasteiger partial charge in [-0.2, -0.15) is 0 Å². The molecule has 100 valence electrons. The molecule has 0 aliphatic heterocycles. The zero-order valence-electron chi connectivity index (χ0n) is 11.9. The Labute approximate surface area is 112 Å². The summed E-state index contributed by atoms with van der Waals surface area (Å²) in [4.78, 5) is 0. The summed E-state index contributed by atoms with van der Waals surface area (Å²) in [6, 6.07) is 11.8. The van der Waals surface area contributed by atoms with Crippen LogP contribution in [0.4, 0.5) is 0 Å². The molecule has 0 heterocycles. The number of nitrogens with one attached hydrogen (secondary N) is 1. The van der Waals surface area contributed by atoms with E-state index in [4.69, 9.17) is 0 Å². The highest BCUT2D eigenvalue weighted by atomic mass is 14.9. The van der Waals surface area contributed by atoms with Crippen LogP contribution in [0.15, 0.2) is 30.3 Å². The van der Waals surface area contributed by atoms with Crippen LogP contribution in [-0.2, 0) is 0 Å². The standard InChI is InChI=1S/C17H27N/c1-3-14(2)13-18-17-11-9-16(10-12-17)15-7-5-4-6-8-15/h4-8,14,16-18H,3,9-13H2,1-2H3. The number of hydrogen-bond acceptors (Lipinski definition) is 1. The van der Waals surface area contributed by atoms with Gasteiger partial charge in [-0.05, 0) is 49.6 Å². The normalized spacial score (nSPS) is 25.9. The summed E-state index contributed by atoms with van der Waals surface area (Å²) in [6.45, 7) is 5.80. The van der Waals surface area contributed by atoms with Gasteiger partial charge in [0.25, 0.3) is 0 Å². The topological polar surface area (TPSA) is 12.0 Å². The van der Waals surface area contributed by atoms with Crippen LogP contribution in [0, 0.1) is 5.92 Å². The highest BCUT2D eigenvalue weighted by Gasteiger charge is 2.21. The quantitative estimate of drug-likeness (QED) is 0.813. The maximum atomic E-state index is 3.74. The molecule has 1 aliphatic rings. The summed E-state index contributed by atoms with van der Waals surface area (Å²) in [5.74, 6) is 1.62. The maximum Gasteiger partial charge on any atom is 0.00676 e. The van der Waals surface area contributed by atoms with Gasteiger partial charge in [-0.1, -0.05) is 50.6 Å². The minimum absolute atomic E-state index is 0.763. The van der Waals surface area contributed by atoms with Crippen molar-refractivity contribution in [3.63, 3.8) is 0 Å². The van der Waals surface area contributed by atoms with Crippen molar-refractivity contribution in [2.75, 3.05) is 6.54 Å². The molecule has 1 atom stereocenters. The van der Waals surface area contributed by atoms with E-state index in [0.29, 0.717) is 0 Å². The minimum Gasteiger partial charge on any atom is -0.314 e. The van der Waals surface area contributed by atoms with E-state index in [-0.39, 0.29) is 0 Å². The van der Waals surface area contributed by atoms with Crippen molar-refractivity contribution < 1.29 is 0 Å². The molecule has 2 rings (SSSR count). The third kappa shape index (κ3) is 3.84. The smallest absolute Gasteiger partial charge is 0.00676 e. The summed E-state index contributed by atoms with van der Waals surface area (Å²) < 4.78 is 0. The lowest BCUT2D eigenvalue weighted by atomic mass is 9.81. The monoisotopic (exact) mass is 245 g/mol. The van der Waals surface area contributed by atoms with Crippen molar-refractivity contribution in [1.82, 2.24) is 5.32 Å². The van der Waals surface area contributed by atoms with E-state index >= 15 is 0 Å². The fraction of sp³-hybridized carbons (Fsp3) is 0.647. The molecule has 1 fully saturated rings. The summed E-state index contributed by atoms with van der Waals surface area (Å²) in [7, 11) is 0. The second-order valence-electron chi connectivity index (χ2n) is 5.88. The van der Waals surface area contributed by atoms with E-state index < -0.39 is 0 Å². The number of hydrogen-bond donors (Lipinski definition) is 1. The molecular formula is C17H27N. The first-order chi connectivity index (χ1) is 8.79. The Kier molecular flexibility index (Phi) is 5.25. The maximum absolute atomic E-state index is 3.74. The van der Waals surface area contributed by atoms with E-state index in [1.54, 1.807) is 0 Å². The molecule has 0 bridgehead atoms. The van der Waals surface area contributed by atoms with Crippen LogP contribution in [0.5, 0.6) is 0 Å². The van der Waals surface area contributed by atoms with Gasteiger partial charge in [0.2, 0.25) is 0 Å². The third-order valence-corrected chi connectivity index (χ3v) is 4.45. The van der Waals surface area contributed by atoms with Crippen molar-refractivity contribution in [3.8, 4) is 0 Å². The Morgan fingerprint density at radius 1 is 1.11 bits per heavy atom. The average Bonchev–Trinajstić information content (AvgIpc) is 2.46. The van der Waals surface area contributed by atoms with E-state index in [0.717, 1.165) is 17.9 Å².